The summed E-state index contributed by atoms with van der Waals surface area (Å²) in [5.74, 6) is 0.131. The van der Waals surface area contributed by atoms with Crippen molar-refractivity contribution in [2.24, 2.45) is 0 Å². The van der Waals surface area contributed by atoms with Crippen molar-refractivity contribution in [1.29, 1.82) is 0 Å². The quantitative estimate of drug-likeness (QED) is 0.627. The Morgan fingerprint density at radius 3 is 2.70 bits per heavy atom. The smallest absolute Gasteiger partial charge is 0.221 e. The van der Waals surface area contributed by atoms with Gasteiger partial charge in [0.05, 0.1) is 12.7 Å². The van der Waals surface area contributed by atoms with Crippen molar-refractivity contribution in [3.8, 4) is 11.3 Å². The molecule has 1 atom stereocenters. The van der Waals surface area contributed by atoms with Crippen LogP contribution in [0.4, 0.5) is 0 Å². The molecule has 0 unspecified atom stereocenters. The van der Waals surface area contributed by atoms with E-state index in [0.717, 1.165) is 24.1 Å². The van der Waals surface area contributed by atoms with E-state index in [1.807, 2.05) is 44.4 Å². The summed E-state index contributed by atoms with van der Waals surface area (Å²) < 4.78 is 1.72. The molecule has 0 saturated heterocycles. The molecule has 6 heteroatoms. The fourth-order valence-corrected chi connectivity index (χ4v) is 3.09. The molecule has 0 saturated carbocycles. The summed E-state index contributed by atoms with van der Waals surface area (Å²) in [5, 5.41) is 11.4. The fourth-order valence-electron chi connectivity index (χ4n) is 3.09. The summed E-state index contributed by atoms with van der Waals surface area (Å²) in [4.78, 5) is 12.2. The minimum absolute atomic E-state index is 0.0332. The minimum Gasteiger partial charge on any atom is -0.361 e. The van der Waals surface area contributed by atoms with Gasteiger partial charge in [-0.15, -0.1) is 5.10 Å². The highest BCUT2D eigenvalue weighted by atomic mass is 16.1. The molecule has 3 aromatic rings. The molecule has 0 aliphatic heterocycles. The monoisotopic (exact) mass is 360 g/mol. The van der Waals surface area contributed by atoms with Crippen LogP contribution in [0.5, 0.6) is 0 Å². The molecule has 3 rings (SSSR count). The minimum atomic E-state index is 0.0332. The standard InChI is InChI=1S/C21H25BN4O/c1-2-16-7-6-8-17(13-16)14-20(22)23-21(27)11-12-26-15-19(24-25-26)18-9-4-3-5-10-18/h3-10,13,15,20H,2,11-12,14,22H2,1H3,(H,23,27)/t20-/m0/s1. The van der Waals surface area contributed by atoms with E-state index in [1.165, 1.54) is 11.1 Å². The van der Waals surface area contributed by atoms with Crippen LogP contribution in [-0.2, 0) is 24.2 Å². The zero-order valence-corrected chi connectivity index (χ0v) is 15.9. The van der Waals surface area contributed by atoms with Crippen molar-refractivity contribution >= 4 is 13.8 Å². The van der Waals surface area contributed by atoms with E-state index in [0.29, 0.717) is 13.0 Å². The van der Waals surface area contributed by atoms with Gasteiger partial charge in [-0.25, -0.2) is 0 Å². The highest BCUT2D eigenvalue weighted by Gasteiger charge is 2.10. The Labute approximate surface area is 161 Å². The van der Waals surface area contributed by atoms with Crippen molar-refractivity contribution < 1.29 is 4.79 Å². The van der Waals surface area contributed by atoms with Gasteiger partial charge in [0.25, 0.3) is 0 Å². The van der Waals surface area contributed by atoms with Crippen LogP contribution < -0.4 is 5.32 Å². The average Bonchev–Trinajstić information content (AvgIpc) is 3.16. The van der Waals surface area contributed by atoms with Gasteiger partial charge in [-0.1, -0.05) is 66.7 Å². The van der Waals surface area contributed by atoms with Gasteiger partial charge in [-0.05, 0) is 24.0 Å². The number of rotatable bonds is 8. The number of hydrogen-bond acceptors (Lipinski definition) is 3. The first-order chi connectivity index (χ1) is 13.1. The van der Waals surface area contributed by atoms with Gasteiger partial charge in [-0.2, -0.15) is 0 Å². The maximum absolute atomic E-state index is 12.2. The molecule has 5 nitrogen and oxygen atoms in total. The second kappa shape index (κ2) is 9.17. The van der Waals surface area contributed by atoms with Gasteiger partial charge in [-0.3, -0.25) is 9.48 Å². The zero-order valence-electron chi connectivity index (χ0n) is 15.9. The number of aromatic nitrogens is 3. The van der Waals surface area contributed by atoms with Gasteiger partial charge >= 0.3 is 0 Å². The molecule has 2 aromatic carbocycles. The van der Waals surface area contributed by atoms with Gasteiger partial charge in [0.1, 0.15) is 13.5 Å². The molecule has 0 bridgehead atoms. The molecule has 1 amide bonds. The molecule has 0 aliphatic carbocycles. The summed E-state index contributed by atoms with van der Waals surface area (Å²) in [6.07, 6.45) is 4.12. The molecule has 1 aromatic heterocycles. The first kappa shape index (κ1) is 18.9. The van der Waals surface area contributed by atoms with Crippen LogP contribution in [0.1, 0.15) is 24.5 Å². The molecule has 1 N–H and O–H groups in total. The summed E-state index contributed by atoms with van der Waals surface area (Å²) in [6.45, 7) is 2.67. The number of carbonyl (C=O) groups is 1. The van der Waals surface area contributed by atoms with Crippen LogP contribution in [0.25, 0.3) is 11.3 Å². The van der Waals surface area contributed by atoms with E-state index in [9.17, 15) is 4.79 Å². The van der Waals surface area contributed by atoms with E-state index >= 15 is 0 Å². The lowest BCUT2D eigenvalue weighted by molar-refractivity contribution is -0.121. The number of aryl methyl sites for hydroxylation is 2. The summed E-state index contributed by atoms with van der Waals surface area (Å²) >= 11 is 0. The number of hydrogen-bond donors (Lipinski definition) is 1. The lowest BCUT2D eigenvalue weighted by Crippen LogP contribution is -2.37. The molecule has 0 fully saturated rings. The second-order valence-corrected chi connectivity index (χ2v) is 6.83. The van der Waals surface area contributed by atoms with Gasteiger partial charge in [0, 0.05) is 17.9 Å². The third-order valence-corrected chi connectivity index (χ3v) is 4.53. The first-order valence-corrected chi connectivity index (χ1v) is 9.46. The molecular formula is C21H25BN4O. The Morgan fingerprint density at radius 2 is 1.93 bits per heavy atom. The Balaban J connectivity index is 1.47. The highest BCUT2D eigenvalue weighted by molar-refractivity contribution is 6.13. The Kier molecular flexibility index (Phi) is 6.42. The van der Waals surface area contributed by atoms with E-state index in [1.54, 1.807) is 4.68 Å². The van der Waals surface area contributed by atoms with Crippen molar-refractivity contribution in [2.45, 2.75) is 38.7 Å². The van der Waals surface area contributed by atoms with Crippen LogP contribution >= 0.6 is 0 Å². The summed E-state index contributed by atoms with van der Waals surface area (Å²) in [5.41, 5.74) is 4.42. The molecule has 0 aliphatic rings. The summed E-state index contributed by atoms with van der Waals surface area (Å²) in [7, 11) is 2.04. The van der Waals surface area contributed by atoms with Crippen LogP contribution in [0.2, 0.25) is 0 Å². The van der Waals surface area contributed by atoms with E-state index in [2.05, 4.69) is 46.8 Å². The van der Waals surface area contributed by atoms with Crippen molar-refractivity contribution in [3.05, 3.63) is 71.9 Å². The van der Waals surface area contributed by atoms with E-state index in [4.69, 9.17) is 0 Å². The van der Waals surface area contributed by atoms with Crippen LogP contribution in [-0.4, -0.2) is 34.7 Å². The molecule has 1 heterocycles. The number of benzene rings is 2. The average molecular weight is 360 g/mol. The molecule has 27 heavy (non-hydrogen) atoms. The maximum atomic E-state index is 12.2. The summed E-state index contributed by atoms with van der Waals surface area (Å²) in [6, 6.07) is 18.4. The number of amides is 1. The third kappa shape index (κ3) is 5.54. The maximum Gasteiger partial charge on any atom is 0.221 e. The van der Waals surface area contributed by atoms with Crippen molar-refractivity contribution in [1.82, 2.24) is 20.3 Å². The normalized spacial score (nSPS) is 11.9. The van der Waals surface area contributed by atoms with Crippen molar-refractivity contribution in [3.63, 3.8) is 0 Å². The van der Waals surface area contributed by atoms with Crippen molar-refractivity contribution in [2.75, 3.05) is 0 Å². The fraction of sp³-hybridized carbons (Fsp3) is 0.286. The molecule has 0 spiro atoms. The zero-order chi connectivity index (χ0) is 19.1. The number of nitrogens with zero attached hydrogens (tertiary/aromatic N) is 3. The van der Waals surface area contributed by atoms with Gasteiger partial charge in [0.2, 0.25) is 5.91 Å². The van der Waals surface area contributed by atoms with Gasteiger partial charge in [0.15, 0.2) is 0 Å². The predicted octanol–water partition coefficient (Wildman–Crippen LogP) is 2.22. The second-order valence-electron chi connectivity index (χ2n) is 6.83. The van der Waals surface area contributed by atoms with Crippen LogP contribution in [0, 0.1) is 0 Å². The topological polar surface area (TPSA) is 59.8 Å². The SMILES string of the molecule is B[C@H](Cc1cccc(CC)c1)NC(=O)CCn1cc(-c2ccccc2)nn1. The molecule has 138 valence electrons. The Hall–Kier alpha value is -2.89. The lowest BCUT2D eigenvalue weighted by Gasteiger charge is -2.14. The van der Waals surface area contributed by atoms with Gasteiger partial charge < -0.3 is 5.32 Å². The Morgan fingerprint density at radius 1 is 1.15 bits per heavy atom. The van der Waals surface area contributed by atoms with E-state index in [-0.39, 0.29) is 11.8 Å². The Bertz CT molecular complexity index is 879. The number of carbonyl (C=O) groups excluding carboxylic acids is 1. The molecule has 0 radical (unpaired) electrons. The highest BCUT2D eigenvalue weighted by Crippen LogP contribution is 2.14. The predicted molar refractivity (Wildman–Crippen MR) is 110 cm³/mol. The third-order valence-electron chi connectivity index (χ3n) is 4.53. The number of nitrogens with one attached hydrogen (secondary N) is 1. The van der Waals surface area contributed by atoms with E-state index < -0.39 is 0 Å². The van der Waals surface area contributed by atoms with Crippen LogP contribution in [0.3, 0.4) is 0 Å². The van der Waals surface area contributed by atoms with Crippen LogP contribution in [0.15, 0.2) is 60.8 Å². The largest absolute Gasteiger partial charge is 0.361 e. The first-order valence-electron chi connectivity index (χ1n) is 9.46. The molecular weight excluding hydrogens is 335 g/mol. The lowest BCUT2D eigenvalue weighted by atomic mass is 9.89.